The molecule has 28 heavy (non-hydrogen) atoms. The summed E-state index contributed by atoms with van der Waals surface area (Å²) in [5, 5.41) is 3.31. The van der Waals surface area contributed by atoms with Gasteiger partial charge in [-0.3, -0.25) is 9.10 Å². The molecule has 152 valence electrons. The molecule has 0 heterocycles. The number of benzene rings is 2. The number of thioether (sulfide) groups is 1. The number of halogens is 1. The number of hydrogen-bond donors (Lipinski definition) is 1. The summed E-state index contributed by atoms with van der Waals surface area (Å²) < 4.78 is 25.5. The van der Waals surface area contributed by atoms with Crippen LogP contribution in [-0.4, -0.2) is 39.4 Å². The SMILES string of the molecule is Cc1cccc(CSCCNC(=O)CN(c2ccc(Cl)cc2C)S(C)(=O)=O)c1. The molecule has 5 nitrogen and oxygen atoms in total. The van der Waals surface area contributed by atoms with Crippen LogP contribution in [0.1, 0.15) is 16.7 Å². The minimum atomic E-state index is -3.60. The molecule has 0 aliphatic rings. The minimum absolute atomic E-state index is 0.260. The van der Waals surface area contributed by atoms with E-state index in [9.17, 15) is 13.2 Å². The van der Waals surface area contributed by atoms with Crippen molar-refractivity contribution in [1.29, 1.82) is 0 Å². The van der Waals surface area contributed by atoms with Gasteiger partial charge in [0.15, 0.2) is 0 Å². The van der Waals surface area contributed by atoms with Gasteiger partial charge in [-0.05, 0) is 43.2 Å². The number of carbonyl (C=O) groups excluding carboxylic acids is 1. The molecule has 0 atom stereocenters. The number of sulfonamides is 1. The molecule has 1 amide bonds. The van der Waals surface area contributed by atoms with Crippen LogP contribution in [0.4, 0.5) is 5.69 Å². The highest BCUT2D eigenvalue weighted by molar-refractivity contribution is 7.98. The number of rotatable bonds is 9. The molecule has 0 radical (unpaired) electrons. The molecule has 0 saturated heterocycles. The summed E-state index contributed by atoms with van der Waals surface area (Å²) in [5.41, 5.74) is 3.62. The van der Waals surface area contributed by atoms with Gasteiger partial charge in [0.05, 0.1) is 11.9 Å². The highest BCUT2D eigenvalue weighted by Gasteiger charge is 2.22. The molecule has 2 rings (SSSR count). The van der Waals surface area contributed by atoms with Crippen molar-refractivity contribution in [3.63, 3.8) is 0 Å². The van der Waals surface area contributed by atoms with Gasteiger partial charge in [0, 0.05) is 23.1 Å². The molecule has 0 aromatic heterocycles. The number of aryl methyl sites for hydroxylation is 2. The Bertz CT molecular complexity index is 933. The lowest BCUT2D eigenvalue weighted by Crippen LogP contribution is -2.41. The Morgan fingerprint density at radius 3 is 2.57 bits per heavy atom. The van der Waals surface area contributed by atoms with E-state index in [4.69, 9.17) is 11.6 Å². The molecule has 2 aromatic carbocycles. The second-order valence-corrected chi connectivity index (χ2v) is 10.0. The van der Waals surface area contributed by atoms with E-state index >= 15 is 0 Å². The molecular weight excluding hydrogens is 416 g/mol. The Morgan fingerprint density at radius 2 is 1.93 bits per heavy atom. The molecule has 0 aliphatic carbocycles. The zero-order valence-electron chi connectivity index (χ0n) is 16.2. The third-order valence-electron chi connectivity index (χ3n) is 4.03. The number of hydrogen-bond acceptors (Lipinski definition) is 4. The lowest BCUT2D eigenvalue weighted by molar-refractivity contribution is -0.119. The third-order valence-corrected chi connectivity index (χ3v) is 6.43. The fourth-order valence-electron chi connectivity index (χ4n) is 2.72. The zero-order valence-corrected chi connectivity index (χ0v) is 18.6. The molecule has 0 bridgehead atoms. The summed E-state index contributed by atoms with van der Waals surface area (Å²) in [4.78, 5) is 12.3. The standard InChI is InChI=1S/C20H25ClN2O3S2/c1-15-5-4-6-17(11-15)14-27-10-9-22-20(24)13-23(28(3,25)26)19-8-7-18(21)12-16(19)2/h4-8,11-12H,9-10,13-14H2,1-3H3,(H,22,24). The first-order valence-corrected chi connectivity index (χ1v) is 12.2. The second-order valence-electron chi connectivity index (χ2n) is 6.59. The Labute approximate surface area is 176 Å². The highest BCUT2D eigenvalue weighted by Crippen LogP contribution is 2.25. The molecule has 1 N–H and O–H groups in total. The maximum Gasteiger partial charge on any atom is 0.240 e. The van der Waals surface area contributed by atoms with E-state index in [1.54, 1.807) is 36.9 Å². The maximum atomic E-state index is 12.3. The van der Waals surface area contributed by atoms with Crippen molar-refractivity contribution in [2.45, 2.75) is 19.6 Å². The molecular formula is C20H25ClN2O3S2. The van der Waals surface area contributed by atoms with Crippen LogP contribution in [0, 0.1) is 13.8 Å². The van der Waals surface area contributed by atoms with E-state index < -0.39 is 10.0 Å². The Kier molecular flexibility index (Phi) is 8.22. The van der Waals surface area contributed by atoms with E-state index in [1.807, 2.05) is 6.07 Å². The molecule has 0 fully saturated rings. The number of amides is 1. The quantitative estimate of drug-likeness (QED) is 0.602. The van der Waals surface area contributed by atoms with Crippen LogP contribution in [0.25, 0.3) is 0 Å². The first-order chi connectivity index (χ1) is 13.2. The van der Waals surface area contributed by atoms with Crippen molar-refractivity contribution >= 4 is 45.0 Å². The fourth-order valence-corrected chi connectivity index (χ4v) is 4.67. The average Bonchev–Trinajstić information content (AvgIpc) is 2.59. The lowest BCUT2D eigenvalue weighted by atomic mass is 10.2. The summed E-state index contributed by atoms with van der Waals surface area (Å²) in [5.74, 6) is 1.28. The van der Waals surface area contributed by atoms with Crippen LogP contribution in [0.2, 0.25) is 5.02 Å². The van der Waals surface area contributed by atoms with Crippen molar-refractivity contribution in [2.75, 3.05) is 29.4 Å². The molecule has 2 aromatic rings. The van der Waals surface area contributed by atoms with Crippen molar-refractivity contribution in [2.24, 2.45) is 0 Å². The molecule has 8 heteroatoms. The van der Waals surface area contributed by atoms with Crippen molar-refractivity contribution in [3.8, 4) is 0 Å². The van der Waals surface area contributed by atoms with Gasteiger partial charge in [0.1, 0.15) is 6.54 Å². The second kappa shape index (κ2) is 10.2. The summed E-state index contributed by atoms with van der Waals surface area (Å²) in [6.07, 6.45) is 1.09. The minimum Gasteiger partial charge on any atom is -0.354 e. The van der Waals surface area contributed by atoms with E-state index in [1.165, 1.54) is 11.1 Å². The van der Waals surface area contributed by atoms with E-state index in [0.29, 0.717) is 22.8 Å². The number of nitrogens with zero attached hydrogens (tertiary/aromatic N) is 1. The van der Waals surface area contributed by atoms with Gasteiger partial charge >= 0.3 is 0 Å². The Hall–Kier alpha value is -1.70. The van der Waals surface area contributed by atoms with Crippen LogP contribution in [0.5, 0.6) is 0 Å². The van der Waals surface area contributed by atoms with Crippen LogP contribution in [-0.2, 0) is 20.6 Å². The summed E-state index contributed by atoms with van der Waals surface area (Å²) in [7, 11) is -3.60. The van der Waals surface area contributed by atoms with E-state index in [2.05, 4.69) is 30.4 Å². The molecule has 0 spiro atoms. The average molecular weight is 441 g/mol. The number of anilines is 1. The summed E-state index contributed by atoms with van der Waals surface area (Å²) in [6, 6.07) is 13.2. The van der Waals surface area contributed by atoms with Crippen LogP contribution < -0.4 is 9.62 Å². The predicted molar refractivity (Wildman–Crippen MR) is 119 cm³/mol. The third kappa shape index (κ3) is 7.04. The highest BCUT2D eigenvalue weighted by atomic mass is 35.5. The maximum absolute atomic E-state index is 12.3. The van der Waals surface area contributed by atoms with Gasteiger partial charge < -0.3 is 5.32 Å². The summed E-state index contributed by atoms with van der Waals surface area (Å²) >= 11 is 7.66. The first kappa shape index (κ1) is 22.6. The predicted octanol–water partition coefficient (Wildman–Crippen LogP) is 3.77. The molecule has 0 aliphatic heterocycles. The van der Waals surface area contributed by atoms with Gasteiger partial charge in [0.25, 0.3) is 0 Å². The number of carbonyl (C=O) groups is 1. The zero-order chi connectivity index (χ0) is 20.7. The first-order valence-electron chi connectivity index (χ1n) is 8.80. The fraction of sp³-hybridized carbons (Fsp3) is 0.350. The molecule has 0 saturated carbocycles. The Morgan fingerprint density at radius 1 is 1.18 bits per heavy atom. The van der Waals surface area contributed by atoms with Crippen LogP contribution in [0.3, 0.4) is 0 Å². The van der Waals surface area contributed by atoms with Gasteiger partial charge in [0.2, 0.25) is 15.9 Å². The van der Waals surface area contributed by atoms with Crippen molar-refractivity contribution in [3.05, 3.63) is 64.2 Å². The Balaban J connectivity index is 1.86. The van der Waals surface area contributed by atoms with Gasteiger partial charge in [-0.25, -0.2) is 8.42 Å². The summed E-state index contributed by atoms with van der Waals surface area (Å²) in [6.45, 7) is 4.04. The van der Waals surface area contributed by atoms with E-state index in [-0.39, 0.29) is 12.5 Å². The van der Waals surface area contributed by atoms with Gasteiger partial charge in [-0.1, -0.05) is 41.4 Å². The molecule has 0 unspecified atom stereocenters. The monoisotopic (exact) mass is 440 g/mol. The number of nitrogens with one attached hydrogen (secondary N) is 1. The van der Waals surface area contributed by atoms with Crippen LogP contribution in [0.15, 0.2) is 42.5 Å². The normalized spacial score (nSPS) is 11.3. The largest absolute Gasteiger partial charge is 0.354 e. The lowest BCUT2D eigenvalue weighted by Gasteiger charge is -2.23. The van der Waals surface area contributed by atoms with Crippen LogP contribution >= 0.6 is 23.4 Å². The van der Waals surface area contributed by atoms with E-state index in [0.717, 1.165) is 22.1 Å². The smallest absolute Gasteiger partial charge is 0.240 e. The van der Waals surface area contributed by atoms with Gasteiger partial charge in [-0.2, -0.15) is 11.8 Å². The van der Waals surface area contributed by atoms with Crippen molar-refractivity contribution in [1.82, 2.24) is 5.32 Å². The van der Waals surface area contributed by atoms with Gasteiger partial charge in [-0.15, -0.1) is 0 Å². The van der Waals surface area contributed by atoms with Crippen molar-refractivity contribution < 1.29 is 13.2 Å². The topological polar surface area (TPSA) is 66.5 Å².